The van der Waals surface area contributed by atoms with E-state index in [1.165, 1.54) is 17.7 Å². The van der Waals surface area contributed by atoms with Crippen LogP contribution in [0.4, 0.5) is 5.69 Å². The first-order chi connectivity index (χ1) is 18.6. The number of rotatable bonds is 6. The third kappa shape index (κ3) is 6.64. The molecule has 4 aromatic carbocycles. The molecular weight excluding hydrogens is 513 g/mol. The zero-order valence-electron chi connectivity index (χ0n) is 21.8. The Morgan fingerprint density at radius 2 is 1.51 bits per heavy atom. The van der Waals surface area contributed by atoms with E-state index in [1.807, 2.05) is 74.5 Å². The highest BCUT2D eigenvalue weighted by molar-refractivity contribution is 7.60. The number of nitrogens with zero attached hydrogens (tertiary/aromatic N) is 1. The summed E-state index contributed by atoms with van der Waals surface area (Å²) in [6, 6.07) is 28.3. The maximum Gasteiger partial charge on any atom is 0.356 e. The highest BCUT2D eigenvalue weighted by Gasteiger charge is 2.39. The molecule has 1 amide bonds. The first kappa shape index (κ1) is 28.3. The van der Waals surface area contributed by atoms with Crippen LogP contribution in [-0.4, -0.2) is 25.9 Å². The van der Waals surface area contributed by atoms with Gasteiger partial charge in [-0.25, -0.2) is 0 Å². The van der Waals surface area contributed by atoms with Crippen LogP contribution in [0, 0.1) is 6.92 Å². The molecular formula is C31H32NO6P. The van der Waals surface area contributed by atoms with Gasteiger partial charge in [-0.15, -0.1) is 0 Å². The van der Waals surface area contributed by atoms with Crippen LogP contribution >= 0.6 is 7.60 Å². The van der Waals surface area contributed by atoms with Gasteiger partial charge in [0.2, 0.25) is 5.91 Å². The summed E-state index contributed by atoms with van der Waals surface area (Å²) >= 11 is 0. The number of hydrogen-bond donors (Lipinski definition) is 4. The molecule has 1 aliphatic heterocycles. The Labute approximate surface area is 228 Å². The lowest BCUT2D eigenvalue weighted by atomic mass is 9.90. The molecule has 0 spiro atoms. The van der Waals surface area contributed by atoms with E-state index in [2.05, 4.69) is 0 Å². The lowest BCUT2D eigenvalue weighted by Crippen LogP contribution is -2.46. The summed E-state index contributed by atoms with van der Waals surface area (Å²) in [6.07, 6.45) is 0.817. The molecule has 0 aromatic heterocycles. The smallest absolute Gasteiger partial charge is 0.356 e. The summed E-state index contributed by atoms with van der Waals surface area (Å²) in [6.45, 7) is 4.02. The Balaban J connectivity index is 0.000000270. The maximum absolute atomic E-state index is 12.1. The average molecular weight is 546 g/mol. The Morgan fingerprint density at radius 1 is 0.897 bits per heavy atom. The van der Waals surface area contributed by atoms with Gasteiger partial charge in [-0.1, -0.05) is 79.2 Å². The van der Waals surface area contributed by atoms with Crippen LogP contribution in [0.3, 0.4) is 0 Å². The van der Waals surface area contributed by atoms with Crippen molar-refractivity contribution in [1.29, 1.82) is 0 Å². The first-order valence-corrected chi connectivity index (χ1v) is 14.3. The van der Waals surface area contributed by atoms with Crippen molar-refractivity contribution in [1.82, 2.24) is 0 Å². The predicted molar refractivity (Wildman–Crippen MR) is 153 cm³/mol. The number of aromatic hydroxyl groups is 1. The molecule has 4 aromatic rings. The normalized spacial score (nSPS) is 15.7. The van der Waals surface area contributed by atoms with Crippen molar-refractivity contribution in [2.75, 3.05) is 4.90 Å². The number of aliphatic hydroxyl groups is 1. The number of amides is 1. The fourth-order valence-electron chi connectivity index (χ4n) is 4.46. The molecule has 0 radical (unpaired) electrons. The van der Waals surface area contributed by atoms with Gasteiger partial charge in [-0.2, -0.15) is 0 Å². The fourth-order valence-corrected chi connectivity index (χ4v) is 4.99. The third-order valence-corrected chi connectivity index (χ3v) is 7.73. The topological polar surface area (TPSA) is 118 Å². The van der Waals surface area contributed by atoms with Crippen LogP contribution in [-0.2, 0) is 9.36 Å². The summed E-state index contributed by atoms with van der Waals surface area (Å²) in [5.41, 5.74) is 5.15. The van der Waals surface area contributed by atoms with Gasteiger partial charge in [0.05, 0.1) is 23.9 Å². The lowest BCUT2D eigenvalue weighted by Gasteiger charge is -2.41. The average Bonchev–Trinajstić information content (AvgIpc) is 2.92. The zero-order chi connectivity index (χ0) is 28.2. The van der Waals surface area contributed by atoms with Crippen molar-refractivity contribution in [3.05, 3.63) is 114 Å². The van der Waals surface area contributed by atoms with Gasteiger partial charge in [0.25, 0.3) is 0 Å². The quantitative estimate of drug-likeness (QED) is 0.180. The Hall–Kier alpha value is -3.74. The van der Waals surface area contributed by atoms with Gasteiger partial charge in [0.1, 0.15) is 5.75 Å². The predicted octanol–water partition coefficient (Wildman–Crippen LogP) is 5.78. The summed E-state index contributed by atoms with van der Waals surface area (Å²) in [7, 11) is -4.29. The summed E-state index contributed by atoms with van der Waals surface area (Å²) < 4.78 is 11.3. The molecule has 7 nitrogen and oxygen atoms in total. The Bertz CT molecular complexity index is 1470. The maximum atomic E-state index is 12.1. The summed E-state index contributed by atoms with van der Waals surface area (Å²) in [5.74, 6) is 0.0858. The molecule has 2 atom stereocenters. The van der Waals surface area contributed by atoms with Gasteiger partial charge in [0.15, 0.2) is 0 Å². The molecule has 2 unspecified atom stereocenters. The zero-order valence-corrected chi connectivity index (χ0v) is 22.7. The molecule has 1 saturated heterocycles. The number of benzene rings is 4. The summed E-state index contributed by atoms with van der Waals surface area (Å²) in [5, 5.41) is 19.9. The largest absolute Gasteiger partial charge is 0.508 e. The van der Waals surface area contributed by atoms with E-state index in [0.29, 0.717) is 12.0 Å². The number of para-hydroxylation sites is 1. The van der Waals surface area contributed by atoms with E-state index in [9.17, 15) is 29.4 Å². The van der Waals surface area contributed by atoms with Crippen molar-refractivity contribution >= 4 is 24.5 Å². The number of carbonyl (C=O) groups is 1. The minimum Gasteiger partial charge on any atom is -0.508 e. The molecule has 202 valence electrons. The van der Waals surface area contributed by atoms with Crippen LogP contribution < -0.4 is 10.2 Å². The molecule has 1 aliphatic rings. The molecule has 5 rings (SSSR count). The number of phenolic OH excluding ortho intramolecular Hbond substituents is 1. The summed E-state index contributed by atoms with van der Waals surface area (Å²) in [4.78, 5) is 32.2. The molecule has 0 bridgehead atoms. The lowest BCUT2D eigenvalue weighted by molar-refractivity contribution is -0.124. The van der Waals surface area contributed by atoms with E-state index in [0.717, 1.165) is 28.8 Å². The van der Waals surface area contributed by atoms with E-state index < -0.39 is 7.60 Å². The number of anilines is 1. The van der Waals surface area contributed by atoms with Gasteiger partial charge in [-0.3, -0.25) is 9.36 Å². The van der Waals surface area contributed by atoms with Crippen molar-refractivity contribution in [3.63, 3.8) is 0 Å². The number of phenols is 1. The number of aryl methyl sites for hydroxylation is 1. The highest BCUT2D eigenvalue weighted by Crippen LogP contribution is 2.43. The van der Waals surface area contributed by atoms with Crippen LogP contribution in [0.15, 0.2) is 97.1 Å². The minimum absolute atomic E-state index is 0.00713. The van der Waals surface area contributed by atoms with Crippen molar-refractivity contribution in [2.24, 2.45) is 0 Å². The first-order valence-electron chi connectivity index (χ1n) is 12.7. The van der Waals surface area contributed by atoms with E-state index >= 15 is 0 Å². The van der Waals surface area contributed by atoms with Crippen molar-refractivity contribution < 1.29 is 29.4 Å². The second kappa shape index (κ2) is 12.0. The van der Waals surface area contributed by atoms with Crippen LogP contribution in [0.25, 0.3) is 11.1 Å². The van der Waals surface area contributed by atoms with Gasteiger partial charge in [-0.05, 0) is 60.4 Å². The molecule has 0 saturated carbocycles. The van der Waals surface area contributed by atoms with E-state index in [1.54, 1.807) is 29.2 Å². The molecule has 4 N–H and O–H groups in total. The molecule has 8 heteroatoms. The van der Waals surface area contributed by atoms with Gasteiger partial charge >= 0.3 is 7.60 Å². The highest BCUT2D eigenvalue weighted by atomic mass is 31.2. The molecule has 1 heterocycles. The second-order valence-corrected chi connectivity index (χ2v) is 11.1. The number of aliphatic hydroxyl groups excluding tert-OH is 1. The molecule has 39 heavy (non-hydrogen) atoms. The fraction of sp³-hybridized carbons (Fsp3) is 0.194. The van der Waals surface area contributed by atoms with Gasteiger partial charge in [0, 0.05) is 11.3 Å². The van der Waals surface area contributed by atoms with Crippen molar-refractivity contribution in [3.8, 4) is 16.9 Å². The molecule has 0 aliphatic carbocycles. The van der Waals surface area contributed by atoms with Crippen LogP contribution in [0.2, 0.25) is 0 Å². The number of carbonyl (C=O) groups excluding carboxylic acids is 1. The van der Waals surface area contributed by atoms with Crippen molar-refractivity contribution in [2.45, 2.75) is 38.8 Å². The number of β-lactam (4-membered cyclic amide) rings is 1. The van der Waals surface area contributed by atoms with Crippen LogP contribution in [0.1, 0.15) is 48.6 Å². The molecule has 1 fully saturated rings. The number of hydrogen-bond acceptors (Lipinski definition) is 4. The Morgan fingerprint density at radius 3 is 2.05 bits per heavy atom. The second-order valence-electron chi connectivity index (χ2n) is 9.52. The third-order valence-electron chi connectivity index (χ3n) is 6.76. The SMILES string of the molecule is CCC(O)c1ccc(C)cc1.O=C1CC(c2ccc(-c3ccc(P(=O)(O)O)cc3)cc2O)N1c1ccccc1. The standard InChI is InChI=1S/C21H18NO5P.C10H14O/c23-20-12-15(14-6-9-17(10-7-14)28(25,26)27)8-11-18(20)19-13-21(24)22(19)16-4-2-1-3-5-16;1-3-10(11)9-6-4-8(2)5-7-9/h1-12,19,23H,13H2,(H2,25,26,27);4-7,10-11H,3H2,1-2H3. The Kier molecular flexibility index (Phi) is 8.68. The van der Waals surface area contributed by atoms with E-state index in [4.69, 9.17) is 0 Å². The van der Waals surface area contributed by atoms with E-state index in [-0.39, 0.29) is 29.1 Å². The monoisotopic (exact) mass is 545 g/mol. The van der Waals surface area contributed by atoms with Crippen LogP contribution in [0.5, 0.6) is 5.75 Å². The minimum atomic E-state index is -4.29. The van der Waals surface area contributed by atoms with Gasteiger partial charge < -0.3 is 24.9 Å².